The van der Waals surface area contributed by atoms with Crippen LogP contribution < -0.4 is 21.3 Å². The summed E-state index contributed by atoms with van der Waals surface area (Å²) in [5.41, 5.74) is 1.69. The number of imidazole rings is 1. The summed E-state index contributed by atoms with van der Waals surface area (Å²) in [5, 5.41) is 13.8. The summed E-state index contributed by atoms with van der Waals surface area (Å²) in [6, 6.07) is 5.75. The summed E-state index contributed by atoms with van der Waals surface area (Å²) in [7, 11) is 1.55. The van der Waals surface area contributed by atoms with Crippen molar-refractivity contribution in [3.05, 3.63) is 50.2 Å². The lowest BCUT2D eigenvalue weighted by molar-refractivity contribution is 0.0938. The van der Waals surface area contributed by atoms with Gasteiger partial charge in [-0.1, -0.05) is 19.9 Å². The first-order valence-corrected chi connectivity index (χ1v) is 9.99. The van der Waals surface area contributed by atoms with E-state index in [2.05, 4.69) is 29.1 Å². The smallest absolute Gasteiger partial charge is 0.329 e. The SMILES string of the molecule is Cc1ccc(OC[C@H](O)Cn2c(NCC(C)C)nc3c2c(=O)[nH]c(=O)n3C)cc1C. The molecule has 2 aromatic heterocycles. The maximum atomic E-state index is 12.5. The van der Waals surface area contributed by atoms with Gasteiger partial charge < -0.3 is 19.7 Å². The molecule has 30 heavy (non-hydrogen) atoms. The lowest BCUT2D eigenvalue weighted by Gasteiger charge is -2.16. The highest BCUT2D eigenvalue weighted by Gasteiger charge is 2.20. The highest BCUT2D eigenvalue weighted by atomic mass is 16.5. The van der Waals surface area contributed by atoms with Gasteiger partial charge in [0.1, 0.15) is 18.5 Å². The van der Waals surface area contributed by atoms with Crippen LogP contribution in [0, 0.1) is 19.8 Å². The van der Waals surface area contributed by atoms with E-state index in [0.29, 0.717) is 24.2 Å². The molecule has 3 N–H and O–H groups in total. The molecule has 0 bridgehead atoms. The summed E-state index contributed by atoms with van der Waals surface area (Å²) >= 11 is 0. The van der Waals surface area contributed by atoms with E-state index >= 15 is 0 Å². The second kappa shape index (κ2) is 8.74. The van der Waals surface area contributed by atoms with Gasteiger partial charge in [-0.2, -0.15) is 4.98 Å². The summed E-state index contributed by atoms with van der Waals surface area (Å²) in [4.78, 5) is 31.2. The van der Waals surface area contributed by atoms with E-state index in [1.54, 1.807) is 11.6 Å². The molecule has 9 heteroatoms. The summed E-state index contributed by atoms with van der Waals surface area (Å²) in [6.07, 6.45) is -0.889. The van der Waals surface area contributed by atoms with Gasteiger partial charge in [-0.15, -0.1) is 0 Å². The average Bonchev–Trinajstić information content (AvgIpc) is 3.04. The number of anilines is 1. The largest absolute Gasteiger partial charge is 0.491 e. The maximum absolute atomic E-state index is 12.5. The Labute approximate surface area is 174 Å². The van der Waals surface area contributed by atoms with E-state index in [9.17, 15) is 14.7 Å². The maximum Gasteiger partial charge on any atom is 0.329 e. The molecule has 0 aliphatic rings. The molecule has 162 valence electrons. The van der Waals surface area contributed by atoms with Crippen LogP contribution >= 0.6 is 0 Å². The highest BCUT2D eigenvalue weighted by Crippen LogP contribution is 2.19. The third kappa shape index (κ3) is 4.56. The minimum Gasteiger partial charge on any atom is -0.491 e. The Morgan fingerprint density at radius 2 is 1.97 bits per heavy atom. The molecule has 3 rings (SSSR count). The first-order chi connectivity index (χ1) is 14.2. The number of aliphatic hydroxyl groups excluding tert-OH is 1. The Kier molecular flexibility index (Phi) is 6.31. The van der Waals surface area contributed by atoms with Crippen LogP contribution in [-0.2, 0) is 13.6 Å². The van der Waals surface area contributed by atoms with Gasteiger partial charge in [0.25, 0.3) is 5.56 Å². The normalized spacial score (nSPS) is 12.5. The number of rotatable bonds is 8. The molecule has 0 radical (unpaired) electrons. The average molecular weight is 415 g/mol. The number of H-pyrrole nitrogens is 1. The van der Waals surface area contributed by atoms with Crippen LogP contribution in [0.5, 0.6) is 5.75 Å². The molecule has 0 unspecified atom stereocenters. The Hall–Kier alpha value is -3.07. The van der Waals surface area contributed by atoms with E-state index in [1.807, 2.05) is 32.0 Å². The number of fused-ring (bicyclic) bond motifs is 1. The molecule has 0 aliphatic heterocycles. The Morgan fingerprint density at radius 1 is 1.23 bits per heavy atom. The number of hydrogen-bond donors (Lipinski definition) is 3. The molecule has 0 amide bonds. The fourth-order valence-electron chi connectivity index (χ4n) is 3.10. The molecule has 2 heterocycles. The van der Waals surface area contributed by atoms with E-state index < -0.39 is 17.4 Å². The van der Waals surface area contributed by atoms with Gasteiger partial charge in [0, 0.05) is 13.6 Å². The Balaban J connectivity index is 1.87. The van der Waals surface area contributed by atoms with Crippen molar-refractivity contribution in [2.75, 3.05) is 18.5 Å². The fraction of sp³-hybridized carbons (Fsp3) is 0.476. The van der Waals surface area contributed by atoms with Crippen molar-refractivity contribution < 1.29 is 9.84 Å². The minimum atomic E-state index is -0.889. The van der Waals surface area contributed by atoms with E-state index in [4.69, 9.17) is 4.74 Å². The number of ether oxygens (including phenoxy) is 1. The first kappa shape index (κ1) is 21.6. The third-order valence-corrected chi connectivity index (χ3v) is 4.99. The second-order valence-electron chi connectivity index (χ2n) is 8.02. The molecule has 0 aliphatic carbocycles. The quantitative estimate of drug-likeness (QED) is 0.514. The van der Waals surface area contributed by atoms with Crippen molar-refractivity contribution in [2.45, 2.75) is 40.3 Å². The highest BCUT2D eigenvalue weighted by molar-refractivity contribution is 5.74. The topological polar surface area (TPSA) is 114 Å². The third-order valence-electron chi connectivity index (χ3n) is 4.99. The van der Waals surface area contributed by atoms with E-state index in [-0.39, 0.29) is 24.3 Å². The van der Waals surface area contributed by atoms with Crippen molar-refractivity contribution in [1.29, 1.82) is 0 Å². The number of benzene rings is 1. The molecule has 0 fully saturated rings. The lowest BCUT2D eigenvalue weighted by Crippen LogP contribution is -2.31. The molecule has 0 saturated heterocycles. The van der Waals surface area contributed by atoms with Gasteiger partial charge in [0.15, 0.2) is 11.2 Å². The zero-order valence-electron chi connectivity index (χ0n) is 18.0. The number of aryl methyl sites for hydroxylation is 3. The molecule has 3 aromatic rings. The predicted octanol–water partition coefficient (Wildman–Crippen LogP) is 1.55. The number of aromatic amines is 1. The molecular weight excluding hydrogens is 386 g/mol. The zero-order valence-corrected chi connectivity index (χ0v) is 18.0. The van der Waals surface area contributed by atoms with Crippen molar-refractivity contribution in [2.24, 2.45) is 13.0 Å². The van der Waals surface area contributed by atoms with Crippen molar-refractivity contribution in [3.8, 4) is 5.75 Å². The van der Waals surface area contributed by atoms with Crippen LogP contribution in [0.15, 0.2) is 27.8 Å². The monoisotopic (exact) mass is 415 g/mol. The molecule has 1 atom stereocenters. The second-order valence-corrected chi connectivity index (χ2v) is 8.02. The number of aromatic nitrogens is 4. The fourth-order valence-corrected chi connectivity index (χ4v) is 3.10. The summed E-state index contributed by atoms with van der Waals surface area (Å²) in [6.45, 7) is 8.89. The lowest BCUT2D eigenvalue weighted by atomic mass is 10.1. The molecule has 1 aromatic carbocycles. The standard InChI is InChI=1S/C21H29N5O4/c1-12(2)9-22-20-23-18-17(19(28)24-21(29)25(18)5)26(20)10-15(27)11-30-16-7-6-13(3)14(4)8-16/h6-8,12,15,27H,9-11H2,1-5H3,(H,22,23)(H,24,28,29)/t15-/m1/s1. The van der Waals surface area contributed by atoms with Gasteiger partial charge in [-0.05, 0) is 43.0 Å². The van der Waals surface area contributed by atoms with E-state index in [0.717, 1.165) is 5.56 Å². The number of nitrogens with one attached hydrogen (secondary N) is 2. The number of aliphatic hydroxyl groups is 1. The Morgan fingerprint density at radius 3 is 2.63 bits per heavy atom. The van der Waals surface area contributed by atoms with Crippen LogP contribution in [0.2, 0.25) is 0 Å². The Bertz CT molecular complexity index is 1160. The molecular formula is C21H29N5O4. The van der Waals surface area contributed by atoms with Crippen molar-refractivity contribution in [1.82, 2.24) is 19.1 Å². The summed E-state index contributed by atoms with van der Waals surface area (Å²) < 4.78 is 8.62. The molecule has 9 nitrogen and oxygen atoms in total. The predicted molar refractivity (Wildman–Crippen MR) is 116 cm³/mol. The number of nitrogens with zero attached hydrogens (tertiary/aromatic N) is 3. The zero-order chi connectivity index (χ0) is 22.0. The molecule has 0 saturated carbocycles. The van der Waals surface area contributed by atoms with Gasteiger partial charge in [-0.25, -0.2) is 4.79 Å². The van der Waals surface area contributed by atoms with Crippen LogP contribution in [0.4, 0.5) is 5.95 Å². The minimum absolute atomic E-state index is 0.0511. The van der Waals surface area contributed by atoms with Gasteiger partial charge in [0.2, 0.25) is 5.95 Å². The first-order valence-electron chi connectivity index (χ1n) is 9.99. The van der Waals surface area contributed by atoms with Gasteiger partial charge in [0.05, 0.1) is 6.54 Å². The van der Waals surface area contributed by atoms with Crippen molar-refractivity contribution >= 4 is 17.1 Å². The van der Waals surface area contributed by atoms with Crippen LogP contribution in [0.1, 0.15) is 25.0 Å². The van der Waals surface area contributed by atoms with Crippen LogP contribution in [0.3, 0.4) is 0 Å². The van der Waals surface area contributed by atoms with Crippen LogP contribution in [-0.4, -0.2) is 43.5 Å². The van der Waals surface area contributed by atoms with Crippen LogP contribution in [0.25, 0.3) is 11.2 Å². The molecule has 0 spiro atoms. The van der Waals surface area contributed by atoms with Gasteiger partial charge >= 0.3 is 5.69 Å². The summed E-state index contributed by atoms with van der Waals surface area (Å²) in [5.74, 6) is 1.44. The van der Waals surface area contributed by atoms with Crippen molar-refractivity contribution in [3.63, 3.8) is 0 Å². The number of hydrogen-bond acceptors (Lipinski definition) is 6. The van der Waals surface area contributed by atoms with Gasteiger partial charge in [-0.3, -0.25) is 14.3 Å². The van der Waals surface area contributed by atoms with E-state index in [1.165, 1.54) is 10.1 Å².